The molecule has 1 saturated heterocycles. The molecule has 2 aromatic carbocycles. The van der Waals surface area contributed by atoms with Crippen LogP contribution in [0.1, 0.15) is 30.3 Å². The summed E-state index contributed by atoms with van der Waals surface area (Å²) >= 11 is 5.86. The van der Waals surface area contributed by atoms with Crippen molar-refractivity contribution in [3.63, 3.8) is 0 Å². The minimum atomic E-state index is -3.66. The van der Waals surface area contributed by atoms with Gasteiger partial charge in [0.1, 0.15) is 11.3 Å². The highest BCUT2D eigenvalue weighted by atomic mass is 35.5. The first-order valence-corrected chi connectivity index (χ1v) is 12.4. The van der Waals surface area contributed by atoms with Crippen molar-refractivity contribution >= 4 is 50.2 Å². The summed E-state index contributed by atoms with van der Waals surface area (Å²) in [6.07, 6.45) is 0.701. The standard InChI is InChI=1S/C23H23ClN2O6S/c1-2-31-23(28)21-20(18-5-3-4-6-19(18)32-21)25-22(27)15-11-13-26(14-12-15)33(29,30)17-9-7-16(24)8-10-17/h3-10,15H,2,11-14H2,1H3,(H,25,27). The number of furan rings is 1. The number of fused-ring (bicyclic) bond motifs is 1. The van der Waals surface area contributed by atoms with Crippen molar-refractivity contribution in [1.29, 1.82) is 0 Å². The molecule has 0 atom stereocenters. The van der Waals surface area contributed by atoms with Gasteiger partial charge in [0.2, 0.25) is 21.7 Å². The van der Waals surface area contributed by atoms with Crippen LogP contribution in [0.15, 0.2) is 57.8 Å². The summed E-state index contributed by atoms with van der Waals surface area (Å²) in [7, 11) is -3.66. The Morgan fingerprint density at radius 1 is 1.12 bits per heavy atom. The molecule has 10 heteroatoms. The lowest BCUT2D eigenvalue weighted by atomic mass is 9.97. The van der Waals surface area contributed by atoms with Crippen LogP contribution in [0.2, 0.25) is 5.02 Å². The smallest absolute Gasteiger partial charge is 0.376 e. The summed E-state index contributed by atoms with van der Waals surface area (Å²) in [4.78, 5) is 25.5. The van der Waals surface area contributed by atoms with Gasteiger partial charge in [-0.2, -0.15) is 4.31 Å². The van der Waals surface area contributed by atoms with Crippen molar-refractivity contribution in [2.75, 3.05) is 25.0 Å². The number of carbonyl (C=O) groups excluding carboxylic acids is 2. The zero-order valence-corrected chi connectivity index (χ0v) is 19.5. The Morgan fingerprint density at radius 3 is 2.45 bits per heavy atom. The van der Waals surface area contributed by atoms with Crippen molar-refractivity contribution in [3.8, 4) is 0 Å². The van der Waals surface area contributed by atoms with Crippen molar-refractivity contribution < 1.29 is 27.2 Å². The molecule has 33 heavy (non-hydrogen) atoms. The second-order valence-corrected chi connectivity index (χ2v) is 10.0. The predicted molar refractivity (Wildman–Crippen MR) is 124 cm³/mol. The van der Waals surface area contributed by atoms with Gasteiger partial charge in [0.15, 0.2) is 0 Å². The van der Waals surface area contributed by atoms with Gasteiger partial charge < -0.3 is 14.5 Å². The molecule has 1 amide bonds. The summed E-state index contributed by atoms with van der Waals surface area (Å²) in [5.74, 6) is -1.43. The van der Waals surface area contributed by atoms with Gasteiger partial charge >= 0.3 is 5.97 Å². The van der Waals surface area contributed by atoms with Crippen LogP contribution in [-0.4, -0.2) is 44.3 Å². The van der Waals surface area contributed by atoms with Gasteiger partial charge in [-0.05, 0) is 56.2 Å². The van der Waals surface area contributed by atoms with E-state index in [0.29, 0.717) is 28.8 Å². The number of rotatable bonds is 6. The van der Waals surface area contributed by atoms with Crippen LogP contribution < -0.4 is 5.32 Å². The van der Waals surface area contributed by atoms with Gasteiger partial charge in [0, 0.05) is 29.4 Å². The number of amides is 1. The highest BCUT2D eigenvalue weighted by molar-refractivity contribution is 7.89. The number of carbonyl (C=O) groups is 2. The number of hydrogen-bond acceptors (Lipinski definition) is 6. The molecule has 0 bridgehead atoms. The number of nitrogens with zero attached hydrogens (tertiary/aromatic N) is 1. The van der Waals surface area contributed by atoms with E-state index in [0.717, 1.165) is 0 Å². The summed E-state index contributed by atoms with van der Waals surface area (Å²) in [6.45, 7) is 2.27. The van der Waals surface area contributed by atoms with E-state index >= 15 is 0 Å². The van der Waals surface area contributed by atoms with E-state index < -0.39 is 21.9 Å². The quantitative estimate of drug-likeness (QED) is 0.516. The lowest BCUT2D eigenvalue weighted by Gasteiger charge is -2.30. The van der Waals surface area contributed by atoms with Crippen LogP contribution in [0.4, 0.5) is 5.69 Å². The first kappa shape index (κ1) is 23.3. The lowest BCUT2D eigenvalue weighted by Crippen LogP contribution is -2.41. The number of para-hydroxylation sites is 1. The van der Waals surface area contributed by atoms with Crippen LogP contribution in [0.5, 0.6) is 0 Å². The summed E-state index contributed by atoms with van der Waals surface area (Å²) in [5.41, 5.74) is 0.727. The number of esters is 1. The zero-order chi connectivity index (χ0) is 23.6. The third-order valence-corrected chi connectivity index (χ3v) is 7.75. The van der Waals surface area contributed by atoms with Crippen LogP contribution in [0.25, 0.3) is 11.0 Å². The molecule has 2 heterocycles. The predicted octanol–water partition coefficient (Wildman–Crippen LogP) is 4.30. The Bertz CT molecular complexity index is 1280. The monoisotopic (exact) mass is 490 g/mol. The van der Waals surface area contributed by atoms with Gasteiger partial charge in [-0.15, -0.1) is 0 Å². The molecule has 8 nitrogen and oxygen atoms in total. The maximum absolute atomic E-state index is 13.0. The van der Waals surface area contributed by atoms with Crippen LogP contribution in [0.3, 0.4) is 0 Å². The highest BCUT2D eigenvalue weighted by Crippen LogP contribution is 2.33. The molecule has 1 fully saturated rings. The number of piperidine rings is 1. The number of halogens is 1. The minimum Gasteiger partial charge on any atom is -0.460 e. The molecule has 0 radical (unpaired) electrons. The van der Waals surface area contributed by atoms with Gasteiger partial charge in [-0.25, -0.2) is 13.2 Å². The fourth-order valence-corrected chi connectivity index (χ4v) is 5.44. The van der Waals surface area contributed by atoms with Crippen molar-refractivity contribution in [2.45, 2.75) is 24.7 Å². The Balaban J connectivity index is 1.48. The normalized spacial score (nSPS) is 15.5. The number of sulfonamides is 1. The number of ether oxygens (including phenoxy) is 1. The third-order valence-electron chi connectivity index (χ3n) is 5.58. The molecular weight excluding hydrogens is 468 g/mol. The average Bonchev–Trinajstić information content (AvgIpc) is 3.18. The summed E-state index contributed by atoms with van der Waals surface area (Å²) in [6, 6.07) is 13.0. The van der Waals surface area contributed by atoms with Crippen molar-refractivity contribution in [1.82, 2.24) is 4.31 Å². The molecule has 0 saturated carbocycles. The van der Waals surface area contributed by atoms with E-state index in [1.54, 1.807) is 31.2 Å². The zero-order valence-electron chi connectivity index (χ0n) is 17.9. The Kier molecular flexibility index (Phi) is 6.73. The molecule has 1 N–H and O–H groups in total. The van der Waals surface area contributed by atoms with Gasteiger partial charge in [0.05, 0.1) is 11.5 Å². The molecule has 3 aromatic rings. The Labute approximate surface area is 196 Å². The molecule has 1 aliphatic heterocycles. The van der Waals surface area contributed by atoms with Gasteiger partial charge in [-0.1, -0.05) is 23.7 Å². The largest absolute Gasteiger partial charge is 0.460 e. The molecular formula is C23H23ClN2O6S. The number of benzene rings is 2. The second-order valence-electron chi connectivity index (χ2n) is 7.64. The molecule has 1 aliphatic rings. The lowest BCUT2D eigenvalue weighted by molar-refractivity contribution is -0.120. The number of nitrogens with one attached hydrogen (secondary N) is 1. The van der Waals surface area contributed by atoms with Gasteiger partial charge in [0.25, 0.3) is 0 Å². The van der Waals surface area contributed by atoms with Gasteiger partial charge in [-0.3, -0.25) is 4.79 Å². The molecule has 4 rings (SSSR count). The second kappa shape index (κ2) is 9.54. The van der Waals surface area contributed by atoms with Crippen LogP contribution in [-0.2, 0) is 19.6 Å². The molecule has 0 aliphatic carbocycles. The van der Waals surface area contributed by atoms with Crippen molar-refractivity contribution in [3.05, 3.63) is 59.3 Å². The Morgan fingerprint density at radius 2 is 1.79 bits per heavy atom. The summed E-state index contributed by atoms with van der Waals surface area (Å²) < 4.78 is 37.8. The minimum absolute atomic E-state index is 0.0610. The summed E-state index contributed by atoms with van der Waals surface area (Å²) in [5, 5.41) is 3.87. The van der Waals surface area contributed by atoms with Crippen molar-refractivity contribution in [2.24, 2.45) is 5.92 Å². The maximum atomic E-state index is 13.0. The SMILES string of the molecule is CCOC(=O)c1oc2ccccc2c1NC(=O)C1CCN(S(=O)(=O)c2ccc(Cl)cc2)CC1. The first-order chi connectivity index (χ1) is 15.8. The fourth-order valence-electron chi connectivity index (χ4n) is 3.85. The highest BCUT2D eigenvalue weighted by Gasteiger charge is 2.33. The third kappa shape index (κ3) is 4.75. The Hall–Kier alpha value is -2.88. The maximum Gasteiger partial charge on any atom is 0.376 e. The molecule has 1 aromatic heterocycles. The van der Waals surface area contributed by atoms with E-state index in [9.17, 15) is 18.0 Å². The first-order valence-electron chi connectivity index (χ1n) is 10.6. The molecule has 174 valence electrons. The van der Waals surface area contributed by atoms with E-state index in [4.69, 9.17) is 20.8 Å². The fraction of sp³-hybridized carbons (Fsp3) is 0.304. The van der Waals surface area contributed by atoms with E-state index in [2.05, 4.69) is 5.32 Å². The van der Waals surface area contributed by atoms with E-state index in [1.165, 1.54) is 28.6 Å². The average molecular weight is 491 g/mol. The number of hydrogen-bond donors (Lipinski definition) is 1. The van der Waals surface area contributed by atoms with Crippen LogP contribution in [0, 0.1) is 5.92 Å². The van der Waals surface area contributed by atoms with E-state index in [-0.39, 0.29) is 41.9 Å². The number of anilines is 1. The molecule has 0 unspecified atom stereocenters. The van der Waals surface area contributed by atoms with Crippen LogP contribution >= 0.6 is 11.6 Å². The van der Waals surface area contributed by atoms with E-state index in [1.807, 2.05) is 0 Å². The topological polar surface area (TPSA) is 106 Å². The molecule has 0 spiro atoms.